The van der Waals surface area contributed by atoms with Crippen molar-refractivity contribution in [2.24, 2.45) is 0 Å². The van der Waals surface area contributed by atoms with Gasteiger partial charge in [-0.25, -0.2) is 0 Å². The smallest absolute Gasteiger partial charge is 0.263 e. The fourth-order valence-corrected chi connectivity index (χ4v) is 2.52. The van der Waals surface area contributed by atoms with Crippen molar-refractivity contribution in [3.8, 4) is 17.6 Å². The van der Waals surface area contributed by atoms with E-state index in [1.54, 1.807) is 26.4 Å². The average Bonchev–Trinajstić information content (AvgIpc) is 2.67. The maximum atomic E-state index is 12.4. The third kappa shape index (κ3) is 5.25. The summed E-state index contributed by atoms with van der Waals surface area (Å²) in [6, 6.07) is 14.7. The number of aryl methyl sites for hydroxylation is 1. The van der Waals surface area contributed by atoms with E-state index < -0.39 is 5.91 Å². The van der Waals surface area contributed by atoms with E-state index in [0.29, 0.717) is 11.5 Å². The third-order valence-electron chi connectivity index (χ3n) is 4.02. The average molecular weight is 365 g/mol. The molecule has 1 unspecified atom stereocenters. The van der Waals surface area contributed by atoms with Gasteiger partial charge in [0.05, 0.1) is 20.3 Å². The first-order valence-corrected chi connectivity index (χ1v) is 8.44. The lowest BCUT2D eigenvalue weighted by Gasteiger charge is -2.16. The minimum absolute atomic E-state index is 0.0103. The number of nitrogens with one attached hydrogen (secondary N) is 2. The van der Waals surface area contributed by atoms with Crippen LogP contribution in [0.25, 0.3) is 0 Å². The zero-order valence-electron chi connectivity index (χ0n) is 15.9. The molecule has 2 aromatic rings. The fraction of sp³-hybridized carbons (Fsp3) is 0.238. The molecule has 2 aromatic carbocycles. The molecule has 1 atom stereocenters. The summed E-state index contributed by atoms with van der Waals surface area (Å²) >= 11 is 0. The third-order valence-corrected chi connectivity index (χ3v) is 4.02. The highest BCUT2D eigenvalue weighted by atomic mass is 16.5. The van der Waals surface area contributed by atoms with E-state index in [1.165, 1.54) is 6.20 Å². The Morgan fingerprint density at radius 2 is 1.89 bits per heavy atom. The summed E-state index contributed by atoms with van der Waals surface area (Å²) in [6.45, 7) is 3.81. The Hall–Kier alpha value is -3.46. The first-order chi connectivity index (χ1) is 13.0. The number of nitriles is 1. The zero-order valence-corrected chi connectivity index (χ0v) is 15.9. The molecule has 6 heteroatoms. The molecule has 0 saturated heterocycles. The minimum Gasteiger partial charge on any atom is -0.493 e. The van der Waals surface area contributed by atoms with E-state index in [2.05, 4.69) is 10.6 Å². The number of rotatable bonds is 7. The molecule has 2 rings (SSSR count). The molecule has 2 N–H and O–H groups in total. The van der Waals surface area contributed by atoms with Crippen molar-refractivity contribution in [3.63, 3.8) is 0 Å². The maximum Gasteiger partial charge on any atom is 0.263 e. The molecular weight excluding hydrogens is 342 g/mol. The molecule has 0 heterocycles. The summed E-state index contributed by atoms with van der Waals surface area (Å²) in [7, 11) is 3.12. The van der Waals surface area contributed by atoms with Gasteiger partial charge in [0.2, 0.25) is 0 Å². The maximum absolute atomic E-state index is 12.4. The summed E-state index contributed by atoms with van der Waals surface area (Å²) in [4.78, 5) is 12.4. The topological polar surface area (TPSA) is 83.4 Å². The zero-order chi connectivity index (χ0) is 19.8. The van der Waals surface area contributed by atoms with Crippen LogP contribution >= 0.6 is 0 Å². The number of carbonyl (C=O) groups excluding carboxylic acids is 1. The number of amides is 1. The summed E-state index contributed by atoms with van der Waals surface area (Å²) in [5.74, 6) is 0.730. The molecule has 0 saturated carbocycles. The summed E-state index contributed by atoms with van der Waals surface area (Å²) in [5, 5.41) is 15.1. The molecule has 140 valence electrons. The van der Waals surface area contributed by atoms with Gasteiger partial charge in [-0.15, -0.1) is 0 Å². The van der Waals surface area contributed by atoms with Gasteiger partial charge in [-0.3, -0.25) is 4.79 Å². The van der Waals surface area contributed by atoms with Crippen molar-refractivity contribution in [2.75, 3.05) is 19.5 Å². The van der Waals surface area contributed by atoms with E-state index in [4.69, 9.17) is 9.47 Å². The van der Waals surface area contributed by atoms with Crippen LogP contribution in [0.1, 0.15) is 24.1 Å². The Morgan fingerprint density at radius 3 is 2.52 bits per heavy atom. The van der Waals surface area contributed by atoms with Crippen LogP contribution in [0, 0.1) is 18.3 Å². The van der Waals surface area contributed by atoms with Gasteiger partial charge >= 0.3 is 0 Å². The molecule has 0 fully saturated rings. The largest absolute Gasteiger partial charge is 0.493 e. The quantitative estimate of drug-likeness (QED) is 0.577. The van der Waals surface area contributed by atoms with Gasteiger partial charge < -0.3 is 20.1 Å². The van der Waals surface area contributed by atoms with Crippen LogP contribution in [0.5, 0.6) is 11.5 Å². The van der Waals surface area contributed by atoms with Gasteiger partial charge in [-0.05, 0) is 49.2 Å². The van der Waals surface area contributed by atoms with Crippen molar-refractivity contribution in [3.05, 3.63) is 65.4 Å². The van der Waals surface area contributed by atoms with Crippen LogP contribution in [0.15, 0.2) is 54.2 Å². The van der Waals surface area contributed by atoms with Gasteiger partial charge in [0, 0.05) is 11.9 Å². The molecule has 0 aliphatic heterocycles. The van der Waals surface area contributed by atoms with Gasteiger partial charge in [0.1, 0.15) is 11.6 Å². The highest BCUT2D eigenvalue weighted by Crippen LogP contribution is 2.29. The molecule has 6 nitrogen and oxygen atoms in total. The predicted octanol–water partition coefficient (Wildman–Crippen LogP) is 3.71. The first-order valence-electron chi connectivity index (χ1n) is 8.44. The van der Waals surface area contributed by atoms with E-state index in [0.717, 1.165) is 16.8 Å². The Bertz CT molecular complexity index is 884. The summed E-state index contributed by atoms with van der Waals surface area (Å²) in [5.41, 5.74) is 2.72. The lowest BCUT2D eigenvalue weighted by atomic mass is 10.1. The van der Waals surface area contributed by atoms with Crippen LogP contribution in [0.3, 0.4) is 0 Å². The van der Waals surface area contributed by atoms with Crippen LogP contribution in [-0.4, -0.2) is 20.1 Å². The Kier molecular flexibility index (Phi) is 6.84. The number of carbonyl (C=O) groups is 1. The highest BCUT2D eigenvalue weighted by Gasteiger charge is 2.15. The van der Waals surface area contributed by atoms with Crippen molar-refractivity contribution in [1.82, 2.24) is 5.32 Å². The summed E-state index contributed by atoms with van der Waals surface area (Å²) < 4.78 is 10.5. The molecule has 0 aromatic heterocycles. The number of methoxy groups -OCH3 is 2. The normalized spacial score (nSPS) is 11.9. The molecule has 0 bridgehead atoms. The molecule has 0 aliphatic carbocycles. The number of anilines is 1. The second-order valence-electron chi connectivity index (χ2n) is 5.99. The number of benzene rings is 2. The lowest BCUT2D eigenvalue weighted by molar-refractivity contribution is -0.117. The standard InChI is InChI=1S/C21H23N3O3/c1-14-6-5-7-18(10-14)23-13-17(12-22)21(25)24-15(2)16-8-9-19(26-3)20(11-16)27-4/h5-11,13,15,23H,1-4H3,(H,24,25)/b17-13-. The van der Waals surface area contributed by atoms with Crippen LogP contribution in [0.2, 0.25) is 0 Å². The first kappa shape index (κ1) is 19.9. The van der Waals surface area contributed by atoms with Crippen molar-refractivity contribution in [2.45, 2.75) is 19.9 Å². The number of ether oxygens (including phenoxy) is 2. The Morgan fingerprint density at radius 1 is 1.15 bits per heavy atom. The van der Waals surface area contributed by atoms with Crippen molar-refractivity contribution in [1.29, 1.82) is 5.26 Å². The number of nitrogens with zero attached hydrogens (tertiary/aromatic N) is 1. The monoisotopic (exact) mass is 365 g/mol. The minimum atomic E-state index is -0.458. The molecule has 1 amide bonds. The molecule has 0 spiro atoms. The predicted molar refractivity (Wildman–Crippen MR) is 105 cm³/mol. The van der Waals surface area contributed by atoms with Gasteiger partial charge in [0.25, 0.3) is 5.91 Å². The second-order valence-corrected chi connectivity index (χ2v) is 5.99. The Labute approximate surface area is 159 Å². The van der Waals surface area contributed by atoms with Crippen LogP contribution in [0.4, 0.5) is 5.69 Å². The SMILES string of the molecule is COc1ccc(C(C)NC(=O)/C(C#N)=C\Nc2cccc(C)c2)cc1OC. The van der Waals surface area contributed by atoms with Gasteiger partial charge in [0.15, 0.2) is 11.5 Å². The van der Waals surface area contributed by atoms with Gasteiger partial charge in [-0.1, -0.05) is 18.2 Å². The second kappa shape index (κ2) is 9.30. The molecule has 0 aliphatic rings. The molecule has 0 radical (unpaired) electrons. The van der Waals surface area contributed by atoms with Crippen molar-refractivity contribution < 1.29 is 14.3 Å². The number of hydrogen-bond donors (Lipinski definition) is 2. The highest BCUT2D eigenvalue weighted by molar-refractivity contribution is 5.97. The Balaban J connectivity index is 2.09. The summed E-state index contributed by atoms with van der Waals surface area (Å²) in [6.07, 6.45) is 1.41. The lowest BCUT2D eigenvalue weighted by Crippen LogP contribution is -2.28. The fourth-order valence-electron chi connectivity index (χ4n) is 2.52. The van der Waals surface area contributed by atoms with E-state index in [9.17, 15) is 10.1 Å². The van der Waals surface area contributed by atoms with Crippen LogP contribution in [-0.2, 0) is 4.79 Å². The van der Waals surface area contributed by atoms with Crippen molar-refractivity contribution >= 4 is 11.6 Å². The number of hydrogen-bond acceptors (Lipinski definition) is 5. The van der Waals surface area contributed by atoms with Gasteiger partial charge in [-0.2, -0.15) is 5.26 Å². The van der Waals surface area contributed by atoms with Crippen LogP contribution < -0.4 is 20.1 Å². The molecule has 27 heavy (non-hydrogen) atoms. The van der Waals surface area contributed by atoms with E-state index in [-0.39, 0.29) is 11.6 Å². The molecular formula is C21H23N3O3. The van der Waals surface area contributed by atoms with E-state index >= 15 is 0 Å². The van der Waals surface area contributed by atoms with E-state index in [1.807, 2.05) is 50.2 Å².